The predicted molar refractivity (Wildman–Crippen MR) is 144 cm³/mol. The lowest BCUT2D eigenvalue weighted by molar-refractivity contribution is -0.141. The van der Waals surface area contributed by atoms with Gasteiger partial charge in [0, 0.05) is 11.5 Å². The zero-order valence-electron chi connectivity index (χ0n) is 22.7. The highest BCUT2D eigenvalue weighted by Crippen LogP contribution is 2.52. The number of benzene rings is 3. The quantitative estimate of drug-likeness (QED) is 0.300. The number of carbonyl (C=O) groups is 1. The van der Waals surface area contributed by atoms with Gasteiger partial charge in [0.1, 0.15) is 11.5 Å². The summed E-state index contributed by atoms with van der Waals surface area (Å²) in [5.41, 5.74) is 3.05. The lowest BCUT2D eigenvalue weighted by Gasteiger charge is -2.34. The Hall–Kier alpha value is -4.45. The maximum absolute atomic E-state index is 13.3. The van der Waals surface area contributed by atoms with Gasteiger partial charge < -0.3 is 28.4 Å². The Labute approximate surface area is 236 Å². The first-order chi connectivity index (χ1) is 19.7. The van der Waals surface area contributed by atoms with E-state index in [9.17, 15) is 13.2 Å². The second-order valence-corrected chi connectivity index (χ2v) is 11.3. The van der Waals surface area contributed by atoms with E-state index in [1.807, 2.05) is 6.92 Å². The first-order valence-electron chi connectivity index (χ1n) is 12.7. The number of hydrogen-bond acceptors (Lipinski definition) is 11. The molecule has 11 nitrogen and oxygen atoms in total. The molecule has 0 unspecified atom stereocenters. The minimum absolute atomic E-state index is 0.00885. The lowest BCUT2D eigenvalue weighted by atomic mass is 9.66. The maximum atomic E-state index is 13.3. The van der Waals surface area contributed by atoms with Gasteiger partial charge in [-0.15, -0.1) is 0 Å². The molecule has 0 N–H and O–H groups in total. The van der Waals surface area contributed by atoms with Crippen molar-refractivity contribution >= 4 is 21.8 Å². The Morgan fingerprint density at radius 2 is 1.54 bits per heavy atom. The Morgan fingerprint density at radius 3 is 2.17 bits per heavy atom. The maximum Gasteiger partial charge on any atom is 0.358 e. The van der Waals surface area contributed by atoms with Crippen molar-refractivity contribution in [1.82, 2.24) is 0 Å². The van der Waals surface area contributed by atoms with Crippen LogP contribution in [0.1, 0.15) is 28.2 Å². The number of carbonyl (C=O) groups excluding carboxylic acids is 1. The molecule has 12 heteroatoms. The lowest BCUT2D eigenvalue weighted by Crippen LogP contribution is -2.37. The number of aryl methyl sites for hydroxylation is 1. The molecule has 3 aromatic carbocycles. The van der Waals surface area contributed by atoms with Gasteiger partial charge >= 0.3 is 16.1 Å². The average molecular weight is 582 g/mol. The molecule has 2 aliphatic heterocycles. The van der Waals surface area contributed by atoms with Crippen LogP contribution < -0.4 is 23.7 Å². The predicted octanol–water partition coefficient (Wildman–Crippen LogP) is 3.79. The zero-order chi connectivity index (χ0) is 28.9. The van der Waals surface area contributed by atoms with Crippen LogP contribution >= 0.6 is 0 Å². The average Bonchev–Trinajstić information content (AvgIpc) is 3.59. The Bertz CT molecular complexity index is 1640. The van der Waals surface area contributed by atoms with Crippen LogP contribution in [0.15, 0.2) is 58.6 Å². The number of esters is 1. The Kier molecular flexibility index (Phi) is 6.65. The van der Waals surface area contributed by atoms with E-state index in [2.05, 4.69) is 5.16 Å². The highest BCUT2D eigenvalue weighted by molar-refractivity contribution is 7.86. The number of cyclic esters (lactones) is 1. The minimum atomic E-state index is -4.24. The number of oxime groups is 1. The smallest absolute Gasteiger partial charge is 0.358 e. The second-order valence-electron chi connectivity index (χ2n) is 9.81. The van der Waals surface area contributed by atoms with Crippen LogP contribution in [0, 0.1) is 18.8 Å². The molecule has 0 radical (unpaired) electrons. The number of fused-ring (bicyclic) bond motifs is 3. The van der Waals surface area contributed by atoms with Crippen molar-refractivity contribution in [2.24, 2.45) is 17.0 Å². The fourth-order valence-corrected chi connectivity index (χ4v) is 6.34. The van der Waals surface area contributed by atoms with E-state index in [-0.39, 0.29) is 24.0 Å². The summed E-state index contributed by atoms with van der Waals surface area (Å²) in [6, 6.07) is 13.3. The van der Waals surface area contributed by atoms with E-state index >= 15 is 0 Å². The van der Waals surface area contributed by atoms with Gasteiger partial charge in [0.05, 0.1) is 38.9 Å². The number of rotatable bonds is 7. The summed E-state index contributed by atoms with van der Waals surface area (Å²) in [4.78, 5) is 13.2. The SMILES string of the molecule is COc1cc([C@@H]2c3cc4c(cc3/C(=N/OS(=O)(=O)c3ccc(C)cc3)[C@H]3COC(=O)[C@@H]23)OCO4)cc(OC)c1OC. The number of ether oxygens (including phenoxy) is 6. The molecule has 0 saturated carbocycles. The van der Waals surface area contributed by atoms with Crippen molar-refractivity contribution in [3.63, 3.8) is 0 Å². The first-order valence-corrected chi connectivity index (χ1v) is 14.1. The Morgan fingerprint density at radius 1 is 0.878 bits per heavy atom. The highest BCUT2D eigenvalue weighted by atomic mass is 32.2. The van der Waals surface area contributed by atoms with E-state index in [0.29, 0.717) is 45.4 Å². The molecule has 214 valence electrons. The van der Waals surface area contributed by atoms with Crippen molar-refractivity contribution in [2.75, 3.05) is 34.7 Å². The molecular weight excluding hydrogens is 554 g/mol. The molecule has 0 bridgehead atoms. The third kappa shape index (κ3) is 4.48. The van der Waals surface area contributed by atoms with Gasteiger partial charge in [0.2, 0.25) is 12.5 Å². The summed E-state index contributed by atoms with van der Waals surface area (Å²) in [7, 11) is 0.290. The van der Waals surface area contributed by atoms with Crippen LogP contribution in [0.2, 0.25) is 0 Å². The van der Waals surface area contributed by atoms with Crippen molar-refractivity contribution in [3.05, 3.63) is 70.8 Å². The van der Waals surface area contributed by atoms with Gasteiger partial charge in [-0.25, -0.2) is 0 Å². The summed E-state index contributed by atoms with van der Waals surface area (Å²) in [6.45, 7) is 1.86. The number of hydrogen-bond donors (Lipinski definition) is 0. The monoisotopic (exact) mass is 581 g/mol. The molecule has 0 aromatic heterocycles. The summed E-state index contributed by atoms with van der Waals surface area (Å²) in [5, 5.41) is 4.15. The third-order valence-corrected chi connectivity index (χ3v) is 8.69. The number of methoxy groups -OCH3 is 3. The summed E-state index contributed by atoms with van der Waals surface area (Å²) in [6.07, 6.45) is 0. The van der Waals surface area contributed by atoms with Gasteiger partial charge in [-0.3, -0.25) is 9.08 Å². The number of nitrogens with zero attached hydrogens (tertiary/aromatic N) is 1. The van der Waals surface area contributed by atoms with Crippen molar-refractivity contribution < 1.29 is 45.9 Å². The topological polar surface area (TPSA) is 128 Å². The van der Waals surface area contributed by atoms with E-state index in [0.717, 1.165) is 5.56 Å². The normalized spacial score (nSPS) is 21.6. The molecule has 1 fully saturated rings. The second kappa shape index (κ2) is 10.2. The van der Waals surface area contributed by atoms with Gasteiger partial charge in [0.25, 0.3) is 0 Å². The van der Waals surface area contributed by atoms with E-state index in [4.69, 9.17) is 32.7 Å². The molecule has 0 amide bonds. The fraction of sp³-hybridized carbons (Fsp3) is 0.310. The van der Waals surface area contributed by atoms with Crippen LogP contribution in [-0.4, -0.2) is 54.8 Å². The third-order valence-electron chi connectivity index (χ3n) is 7.57. The summed E-state index contributed by atoms with van der Waals surface area (Å²) >= 11 is 0. The molecule has 3 aromatic rings. The summed E-state index contributed by atoms with van der Waals surface area (Å²) in [5.74, 6) is -0.195. The van der Waals surface area contributed by atoms with E-state index < -0.39 is 33.8 Å². The molecule has 1 aliphatic carbocycles. The van der Waals surface area contributed by atoms with Crippen LogP contribution in [0.4, 0.5) is 0 Å². The molecule has 41 heavy (non-hydrogen) atoms. The molecule has 2 heterocycles. The van der Waals surface area contributed by atoms with Crippen LogP contribution in [0.5, 0.6) is 28.7 Å². The minimum Gasteiger partial charge on any atom is -0.493 e. The van der Waals surface area contributed by atoms with E-state index in [1.54, 1.807) is 36.4 Å². The highest BCUT2D eigenvalue weighted by Gasteiger charge is 2.52. The zero-order valence-corrected chi connectivity index (χ0v) is 23.5. The van der Waals surface area contributed by atoms with Crippen molar-refractivity contribution in [2.45, 2.75) is 17.7 Å². The van der Waals surface area contributed by atoms with Crippen LogP contribution in [-0.2, 0) is 23.9 Å². The van der Waals surface area contributed by atoms with Crippen LogP contribution in [0.3, 0.4) is 0 Å². The summed E-state index contributed by atoms with van der Waals surface area (Å²) < 4.78 is 64.7. The van der Waals surface area contributed by atoms with Crippen molar-refractivity contribution in [3.8, 4) is 28.7 Å². The first kappa shape index (κ1) is 26.8. The van der Waals surface area contributed by atoms with E-state index in [1.165, 1.54) is 33.5 Å². The van der Waals surface area contributed by atoms with Gasteiger partial charge in [-0.05, 0) is 54.4 Å². The molecular formula is C29H27NO10S. The van der Waals surface area contributed by atoms with Crippen LogP contribution in [0.25, 0.3) is 0 Å². The molecule has 1 saturated heterocycles. The van der Waals surface area contributed by atoms with Crippen molar-refractivity contribution in [1.29, 1.82) is 0 Å². The standard InChI is InChI=1S/C29H27NO10S/c1-15-5-7-17(8-6-15)41(32,33)40-30-27-19-12-22-21(38-14-39-22)11-18(19)25(26-20(27)13-37-29(26)31)16-9-23(34-2)28(36-4)24(10-16)35-3/h5-12,20,25-26H,13-14H2,1-4H3/b30-27-/t20-,25+,26+/m0/s1. The van der Waals surface area contributed by atoms with Gasteiger partial charge in [0.15, 0.2) is 23.0 Å². The largest absolute Gasteiger partial charge is 0.493 e. The fourth-order valence-electron chi connectivity index (χ4n) is 5.61. The van der Waals surface area contributed by atoms with Gasteiger partial charge in [-0.2, -0.15) is 8.42 Å². The molecule has 0 spiro atoms. The molecule has 3 aliphatic rings. The molecule has 6 rings (SSSR count). The molecule has 3 atom stereocenters. The Balaban J connectivity index is 1.53. The van der Waals surface area contributed by atoms with Gasteiger partial charge in [-0.1, -0.05) is 22.9 Å².